The van der Waals surface area contributed by atoms with Crippen molar-refractivity contribution in [2.75, 3.05) is 6.54 Å². The van der Waals surface area contributed by atoms with E-state index in [1.165, 1.54) is 4.80 Å². The second kappa shape index (κ2) is 6.61. The van der Waals surface area contributed by atoms with Crippen molar-refractivity contribution in [1.29, 1.82) is 0 Å². The number of benzene rings is 1. The fourth-order valence-corrected chi connectivity index (χ4v) is 1.94. The molecule has 0 saturated heterocycles. The molecule has 2 aromatic heterocycles. The molecule has 22 heavy (non-hydrogen) atoms. The number of carbonyl (C=O) groups excluding carboxylic acids is 1. The third-order valence-corrected chi connectivity index (χ3v) is 3.04. The Labute approximate surface area is 126 Å². The number of aromatic nitrogens is 6. The third-order valence-electron chi connectivity index (χ3n) is 3.04. The van der Waals surface area contributed by atoms with Crippen molar-refractivity contribution in [3.8, 4) is 5.69 Å². The van der Waals surface area contributed by atoms with Crippen LogP contribution in [-0.2, 0) is 6.54 Å². The van der Waals surface area contributed by atoms with Gasteiger partial charge in [-0.1, -0.05) is 18.2 Å². The van der Waals surface area contributed by atoms with Crippen molar-refractivity contribution >= 4 is 5.91 Å². The van der Waals surface area contributed by atoms with Crippen LogP contribution in [0, 0.1) is 0 Å². The van der Waals surface area contributed by atoms with Gasteiger partial charge in [-0.2, -0.15) is 0 Å². The van der Waals surface area contributed by atoms with E-state index in [-0.39, 0.29) is 11.7 Å². The summed E-state index contributed by atoms with van der Waals surface area (Å²) in [5.41, 5.74) is 0.758. The van der Waals surface area contributed by atoms with Crippen molar-refractivity contribution in [2.45, 2.75) is 13.0 Å². The maximum Gasteiger partial charge on any atom is 0.292 e. The summed E-state index contributed by atoms with van der Waals surface area (Å²) in [7, 11) is 0. The average Bonchev–Trinajstić information content (AvgIpc) is 3.24. The monoisotopic (exact) mass is 297 g/mol. The first kappa shape index (κ1) is 13.9. The molecule has 0 atom stereocenters. The van der Waals surface area contributed by atoms with E-state index in [0.29, 0.717) is 6.54 Å². The largest absolute Gasteiger partial charge is 0.349 e. The van der Waals surface area contributed by atoms with E-state index in [1.54, 1.807) is 12.5 Å². The third kappa shape index (κ3) is 3.35. The maximum absolute atomic E-state index is 11.9. The number of rotatable bonds is 6. The van der Waals surface area contributed by atoms with Gasteiger partial charge in [0, 0.05) is 25.5 Å². The number of para-hydroxylation sites is 1. The molecular formula is C14H15N7O. The molecule has 0 aliphatic carbocycles. The predicted molar refractivity (Wildman–Crippen MR) is 78.3 cm³/mol. The Kier molecular flexibility index (Phi) is 4.19. The molecule has 1 aromatic carbocycles. The van der Waals surface area contributed by atoms with E-state index < -0.39 is 0 Å². The number of hydrogen-bond donors (Lipinski definition) is 1. The van der Waals surface area contributed by atoms with Crippen LogP contribution in [0.2, 0.25) is 0 Å². The molecule has 0 spiro atoms. The van der Waals surface area contributed by atoms with Crippen LogP contribution < -0.4 is 5.32 Å². The van der Waals surface area contributed by atoms with Crippen molar-refractivity contribution in [3.63, 3.8) is 0 Å². The van der Waals surface area contributed by atoms with Crippen LogP contribution in [0.15, 0.2) is 49.1 Å². The van der Waals surface area contributed by atoms with Crippen LogP contribution >= 0.6 is 0 Å². The summed E-state index contributed by atoms with van der Waals surface area (Å²) in [6.45, 7) is 1.33. The van der Waals surface area contributed by atoms with E-state index in [4.69, 9.17) is 0 Å². The first-order valence-corrected chi connectivity index (χ1v) is 6.92. The highest BCUT2D eigenvalue weighted by molar-refractivity contribution is 5.90. The molecule has 1 N–H and O–H groups in total. The highest BCUT2D eigenvalue weighted by atomic mass is 16.2. The number of amides is 1. The number of imidazole rings is 1. The van der Waals surface area contributed by atoms with Crippen LogP contribution in [0.1, 0.15) is 17.0 Å². The average molecular weight is 297 g/mol. The van der Waals surface area contributed by atoms with E-state index in [1.807, 2.05) is 41.1 Å². The summed E-state index contributed by atoms with van der Waals surface area (Å²) < 4.78 is 1.95. The zero-order valence-electron chi connectivity index (χ0n) is 11.8. The van der Waals surface area contributed by atoms with Gasteiger partial charge >= 0.3 is 0 Å². The van der Waals surface area contributed by atoms with Gasteiger partial charge in [-0.3, -0.25) is 4.79 Å². The van der Waals surface area contributed by atoms with Gasteiger partial charge in [-0.15, -0.1) is 15.0 Å². The first-order chi connectivity index (χ1) is 10.8. The van der Waals surface area contributed by atoms with Crippen molar-refractivity contribution < 1.29 is 4.79 Å². The van der Waals surface area contributed by atoms with Gasteiger partial charge in [0.15, 0.2) is 0 Å². The second-order valence-corrected chi connectivity index (χ2v) is 4.65. The number of nitrogens with one attached hydrogen (secondary N) is 1. The minimum absolute atomic E-state index is 0.0616. The summed E-state index contributed by atoms with van der Waals surface area (Å²) >= 11 is 0. The van der Waals surface area contributed by atoms with Gasteiger partial charge in [0.1, 0.15) is 0 Å². The smallest absolute Gasteiger partial charge is 0.292 e. The zero-order chi connectivity index (χ0) is 15.2. The Bertz CT molecular complexity index is 721. The van der Waals surface area contributed by atoms with Crippen LogP contribution in [0.25, 0.3) is 5.69 Å². The Morgan fingerprint density at radius 3 is 2.86 bits per heavy atom. The summed E-state index contributed by atoms with van der Waals surface area (Å²) in [6.07, 6.45) is 6.16. The fraction of sp³-hybridized carbons (Fsp3) is 0.214. The van der Waals surface area contributed by atoms with E-state index >= 15 is 0 Å². The van der Waals surface area contributed by atoms with Crippen molar-refractivity contribution in [1.82, 2.24) is 35.1 Å². The van der Waals surface area contributed by atoms with Gasteiger partial charge in [-0.25, -0.2) is 4.98 Å². The van der Waals surface area contributed by atoms with Crippen molar-refractivity contribution in [2.24, 2.45) is 0 Å². The summed E-state index contributed by atoms with van der Waals surface area (Å²) in [6, 6.07) is 9.32. The molecule has 0 aliphatic rings. The van der Waals surface area contributed by atoms with Gasteiger partial charge in [0.2, 0.25) is 0 Å². The predicted octanol–water partition coefficient (Wildman–Crippen LogP) is 0.679. The van der Waals surface area contributed by atoms with Gasteiger partial charge < -0.3 is 9.88 Å². The molecule has 8 heteroatoms. The standard InChI is InChI=1S/C14H15N7O/c22-14(16-7-4-9-20-10-8-15-11-20)13-17-19-21(18-13)12-5-2-1-3-6-12/h1-3,5-6,8,10-11H,4,7,9H2,(H,16,22). The normalized spacial score (nSPS) is 10.5. The quantitative estimate of drug-likeness (QED) is 0.676. The first-order valence-electron chi connectivity index (χ1n) is 6.92. The Morgan fingerprint density at radius 1 is 1.23 bits per heavy atom. The highest BCUT2D eigenvalue weighted by Crippen LogP contribution is 2.02. The molecule has 8 nitrogen and oxygen atoms in total. The molecule has 112 valence electrons. The molecular weight excluding hydrogens is 282 g/mol. The molecule has 3 rings (SSSR count). The molecule has 0 aliphatic heterocycles. The lowest BCUT2D eigenvalue weighted by Gasteiger charge is -2.03. The SMILES string of the molecule is O=C(NCCCn1ccnc1)c1nnn(-c2ccccc2)n1. The van der Waals surface area contributed by atoms with Gasteiger partial charge in [0.25, 0.3) is 11.7 Å². The lowest BCUT2D eigenvalue weighted by Crippen LogP contribution is -2.26. The Morgan fingerprint density at radius 2 is 2.09 bits per heavy atom. The lowest BCUT2D eigenvalue weighted by molar-refractivity contribution is 0.0942. The maximum atomic E-state index is 11.9. The highest BCUT2D eigenvalue weighted by Gasteiger charge is 2.12. The van der Waals surface area contributed by atoms with E-state index in [0.717, 1.165) is 18.7 Å². The van der Waals surface area contributed by atoms with Gasteiger partial charge in [0.05, 0.1) is 12.0 Å². The summed E-state index contributed by atoms with van der Waals surface area (Å²) in [4.78, 5) is 17.2. The van der Waals surface area contributed by atoms with Crippen LogP contribution in [0.3, 0.4) is 0 Å². The molecule has 3 aromatic rings. The van der Waals surface area contributed by atoms with E-state index in [9.17, 15) is 4.79 Å². The minimum atomic E-state index is -0.326. The molecule has 0 radical (unpaired) electrons. The lowest BCUT2D eigenvalue weighted by atomic mass is 10.3. The number of hydrogen-bond acceptors (Lipinski definition) is 5. The number of carbonyl (C=O) groups is 1. The summed E-state index contributed by atoms with van der Waals surface area (Å²) in [5.74, 6) is -0.265. The fourth-order valence-electron chi connectivity index (χ4n) is 1.94. The topological polar surface area (TPSA) is 90.5 Å². The second-order valence-electron chi connectivity index (χ2n) is 4.65. The van der Waals surface area contributed by atoms with E-state index in [2.05, 4.69) is 25.7 Å². The van der Waals surface area contributed by atoms with Crippen LogP contribution in [0.5, 0.6) is 0 Å². The summed E-state index contributed by atoms with van der Waals surface area (Å²) in [5, 5.41) is 14.5. The Hall–Kier alpha value is -3.03. The number of tetrazole rings is 1. The molecule has 1 amide bonds. The molecule has 0 unspecified atom stereocenters. The van der Waals surface area contributed by atoms with Crippen molar-refractivity contribution in [3.05, 3.63) is 54.9 Å². The van der Waals surface area contributed by atoms with Gasteiger partial charge in [-0.05, 0) is 23.8 Å². The minimum Gasteiger partial charge on any atom is -0.349 e. The zero-order valence-corrected chi connectivity index (χ0v) is 11.8. The molecule has 0 saturated carbocycles. The Balaban J connectivity index is 1.51. The number of aryl methyl sites for hydroxylation is 1. The van der Waals surface area contributed by atoms with Crippen LogP contribution in [0.4, 0.5) is 0 Å². The number of nitrogens with zero attached hydrogens (tertiary/aromatic N) is 6. The molecule has 0 bridgehead atoms. The molecule has 2 heterocycles. The molecule has 0 fully saturated rings. The van der Waals surface area contributed by atoms with Crippen LogP contribution in [-0.4, -0.2) is 42.2 Å².